The van der Waals surface area contributed by atoms with Gasteiger partial charge < -0.3 is 10.1 Å². The summed E-state index contributed by atoms with van der Waals surface area (Å²) >= 11 is 12.3. The third-order valence-electron chi connectivity index (χ3n) is 5.02. The number of nitrogens with one attached hydrogen (secondary N) is 1. The Morgan fingerprint density at radius 2 is 1.86 bits per heavy atom. The van der Waals surface area contributed by atoms with Crippen LogP contribution in [0, 0.1) is 0 Å². The lowest BCUT2D eigenvalue weighted by Crippen LogP contribution is -2.30. The van der Waals surface area contributed by atoms with E-state index in [0.29, 0.717) is 11.1 Å². The first-order valence-corrected chi connectivity index (χ1v) is 12.8. The molecule has 0 fully saturated rings. The predicted molar refractivity (Wildman–Crippen MR) is 131 cm³/mol. The number of amides is 1. The lowest BCUT2D eigenvalue weighted by molar-refractivity contribution is -0.141. The maximum absolute atomic E-state index is 12.7. The zero-order valence-electron chi connectivity index (χ0n) is 18.9. The summed E-state index contributed by atoms with van der Waals surface area (Å²) in [7, 11) is -2.49. The van der Waals surface area contributed by atoms with Crippen molar-refractivity contribution in [2.24, 2.45) is 0 Å². The summed E-state index contributed by atoms with van der Waals surface area (Å²) in [5.74, 6) is -0.453. The molecule has 192 valence electrons. The number of alkyl halides is 3. The second-order valence-corrected chi connectivity index (χ2v) is 10.3. The number of aromatic nitrogens is 1. The molecule has 0 unspecified atom stereocenters. The number of carbonyl (C=O) groups is 1. The van der Waals surface area contributed by atoms with Crippen molar-refractivity contribution in [1.29, 1.82) is 0 Å². The largest absolute Gasteiger partial charge is 0.495 e. The molecule has 0 aliphatic heterocycles. The van der Waals surface area contributed by atoms with E-state index in [1.54, 1.807) is 18.2 Å². The summed E-state index contributed by atoms with van der Waals surface area (Å²) in [6.07, 6.45) is -2.51. The van der Waals surface area contributed by atoms with Gasteiger partial charge in [-0.15, -0.1) is 0 Å². The van der Waals surface area contributed by atoms with E-state index in [2.05, 4.69) is 10.3 Å². The Kier molecular flexibility index (Phi) is 8.37. The number of methoxy groups -OCH3 is 1. The molecule has 0 saturated carbocycles. The first-order chi connectivity index (χ1) is 16.8. The number of anilines is 1. The molecule has 0 saturated heterocycles. The third kappa shape index (κ3) is 6.59. The van der Waals surface area contributed by atoms with Gasteiger partial charge in [0.1, 0.15) is 11.4 Å². The normalized spacial score (nSPS) is 11.8. The van der Waals surface area contributed by atoms with Crippen molar-refractivity contribution in [3.05, 3.63) is 87.2 Å². The fourth-order valence-electron chi connectivity index (χ4n) is 3.21. The number of halogens is 5. The maximum atomic E-state index is 12.7. The van der Waals surface area contributed by atoms with Crippen molar-refractivity contribution < 1.29 is 31.1 Å². The zero-order chi connectivity index (χ0) is 26.7. The fraction of sp³-hybridized carbons (Fsp3) is 0.217. The first kappa shape index (κ1) is 27.6. The summed E-state index contributed by atoms with van der Waals surface area (Å²) < 4.78 is 69.6. The van der Waals surface area contributed by atoms with Crippen molar-refractivity contribution in [2.75, 3.05) is 17.7 Å². The molecule has 0 aliphatic carbocycles. The van der Waals surface area contributed by atoms with Crippen molar-refractivity contribution in [3.63, 3.8) is 0 Å². The smallest absolute Gasteiger partial charge is 0.433 e. The second-order valence-electron chi connectivity index (χ2n) is 7.60. The molecule has 0 atom stereocenters. The Morgan fingerprint density at radius 1 is 1.14 bits per heavy atom. The quantitative estimate of drug-likeness (QED) is 0.402. The summed E-state index contributed by atoms with van der Waals surface area (Å²) in [6, 6.07) is 11.1. The van der Waals surface area contributed by atoms with Crippen LogP contribution in [0.25, 0.3) is 0 Å². The van der Waals surface area contributed by atoms with Gasteiger partial charge in [0.05, 0.1) is 35.6 Å². The molecule has 3 rings (SSSR count). The molecule has 0 bridgehead atoms. The van der Waals surface area contributed by atoms with Gasteiger partial charge in [0.25, 0.3) is 5.91 Å². The Labute approximate surface area is 215 Å². The lowest BCUT2D eigenvalue weighted by atomic mass is 10.1. The SMILES string of the molecule is COc1cc(C(=O)NCc2ccc(C(F)(F)F)nc2)ccc1N(Cc1cccc(Cl)c1Cl)S(C)(=O)=O. The lowest BCUT2D eigenvalue weighted by Gasteiger charge is -2.25. The van der Waals surface area contributed by atoms with E-state index >= 15 is 0 Å². The van der Waals surface area contributed by atoms with Crippen LogP contribution in [0.3, 0.4) is 0 Å². The van der Waals surface area contributed by atoms with E-state index in [4.69, 9.17) is 27.9 Å². The number of rotatable bonds is 8. The number of hydrogen-bond donors (Lipinski definition) is 1. The Hall–Kier alpha value is -3.02. The van der Waals surface area contributed by atoms with Gasteiger partial charge in [0, 0.05) is 18.3 Å². The Bertz CT molecular complexity index is 1370. The highest BCUT2D eigenvalue weighted by Gasteiger charge is 2.32. The second kappa shape index (κ2) is 10.9. The molecular weight excluding hydrogens is 542 g/mol. The van der Waals surface area contributed by atoms with Crippen molar-refractivity contribution in [3.8, 4) is 5.75 Å². The number of ether oxygens (including phenoxy) is 1. The van der Waals surface area contributed by atoms with Crippen LogP contribution >= 0.6 is 23.2 Å². The summed E-state index contributed by atoms with van der Waals surface area (Å²) in [5.41, 5.74) is 0.0989. The van der Waals surface area contributed by atoms with E-state index in [1.165, 1.54) is 31.4 Å². The molecule has 1 amide bonds. The highest BCUT2D eigenvalue weighted by atomic mass is 35.5. The number of sulfonamides is 1. The monoisotopic (exact) mass is 561 g/mol. The minimum atomic E-state index is -4.56. The average molecular weight is 562 g/mol. The summed E-state index contributed by atoms with van der Waals surface area (Å²) in [5, 5.41) is 3.05. The highest BCUT2D eigenvalue weighted by molar-refractivity contribution is 7.92. The molecule has 2 aromatic carbocycles. The van der Waals surface area contributed by atoms with Gasteiger partial charge in [-0.1, -0.05) is 41.4 Å². The molecule has 0 spiro atoms. The standard InChI is InChI=1S/C23H20Cl2F3N3O4S/c1-35-19-10-15(22(32)30-12-14-6-9-20(29-11-14)23(26,27)28)7-8-18(19)31(36(2,33)34)13-16-4-3-5-17(24)21(16)25/h3-11H,12-13H2,1-2H3,(H,30,32). The van der Waals surface area contributed by atoms with Crippen LogP contribution < -0.4 is 14.4 Å². The molecule has 1 heterocycles. The average Bonchev–Trinajstić information content (AvgIpc) is 2.82. The van der Waals surface area contributed by atoms with E-state index in [-0.39, 0.29) is 40.1 Å². The third-order valence-corrected chi connectivity index (χ3v) is 7.01. The molecule has 3 aromatic rings. The molecule has 0 radical (unpaired) electrons. The number of benzene rings is 2. The van der Waals surface area contributed by atoms with E-state index in [1.807, 2.05) is 0 Å². The van der Waals surface area contributed by atoms with Crippen LogP contribution in [-0.2, 0) is 29.3 Å². The maximum Gasteiger partial charge on any atom is 0.433 e. The van der Waals surface area contributed by atoms with Crippen LogP contribution in [-0.4, -0.2) is 32.7 Å². The van der Waals surface area contributed by atoms with E-state index in [9.17, 15) is 26.4 Å². The van der Waals surface area contributed by atoms with E-state index in [0.717, 1.165) is 22.8 Å². The molecule has 7 nitrogen and oxygen atoms in total. The Morgan fingerprint density at radius 3 is 2.44 bits per heavy atom. The van der Waals surface area contributed by atoms with Gasteiger partial charge in [0.15, 0.2) is 0 Å². The molecule has 1 aromatic heterocycles. The number of pyridine rings is 1. The molecule has 0 aliphatic rings. The van der Waals surface area contributed by atoms with Gasteiger partial charge >= 0.3 is 6.18 Å². The van der Waals surface area contributed by atoms with Crippen molar-refractivity contribution in [1.82, 2.24) is 10.3 Å². The molecule has 1 N–H and O–H groups in total. The topological polar surface area (TPSA) is 88.6 Å². The van der Waals surface area contributed by atoms with Crippen molar-refractivity contribution in [2.45, 2.75) is 19.3 Å². The van der Waals surface area contributed by atoms with Gasteiger partial charge in [0.2, 0.25) is 10.0 Å². The van der Waals surface area contributed by atoms with Gasteiger partial charge in [-0.05, 0) is 41.5 Å². The molecule has 36 heavy (non-hydrogen) atoms. The van der Waals surface area contributed by atoms with Crippen LogP contribution in [0.2, 0.25) is 10.0 Å². The highest BCUT2D eigenvalue weighted by Crippen LogP contribution is 2.34. The summed E-state index contributed by atoms with van der Waals surface area (Å²) in [6.45, 7) is -0.210. The summed E-state index contributed by atoms with van der Waals surface area (Å²) in [4.78, 5) is 16.0. The first-order valence-electron chi connectivity index (χ1n) is 10.2. The molecule has 13 heteroatoms. The van der Waals surface area contributed by atoms with Gasteiger partial charge in [-0.25, -0.2) is 8.42 Å². The van der Waals surface area contributed by atoms with Crippen LogP contribution in [0.1, 0.15) is 27.2 Å². The van der Waals surface area contributed by atoms with Gasteiger partial charge in [-0.2, -0.15) is 13.2 Å². The van der Waals surface area contributed by atoms with Crippen LogP contribution in [0.5, 0.6) is 5.75 Å². The number of carbonyl (C=O) groups excluding carboxylic acids is 1. The number of hydrogen-bond acceptors (Lipinski definition) is 5. The Balaban J connectivity index is 1.82. The van der Waals surface area contributed by atoms with Crippen LogP contribution in [0.15, 0.2) is 54.7 Å². The fourth-order valence-corrected chi connectivity index (χ4v) is 4.47. The number of nitrogens with zero attached hydrogens (tertiary/aromatic N) is 2. The molecular formula is C23H20Cl2F3N3O4S. The predicted octanol–water partition coefficient (Wildman–Crippen LogP) is 5.31. The van der Waals surface area contributed by atoms with Gasteiger partial charge in [-0.3, -0.25) is 14.1 Å². The van der Waals surface area contributed by atoms with Crippen molar-refractivity contribution >= 4 is 44.8 Å². The minimum absolute atomic E-state index is 0.0727. The zero-order valence-corrected chi connectivity index (χ0v) is 21.3. The van der Waals surface area contributed by atoms with Crippen LogP contribution in [0.4, 0.5) is 18.9 Å². The minimum Gasteiger partial charge on any atom is -0.495 e. The van der Waals surface area contributed by atoms with E-state index < -0.39 is 27.8 Å².